The van der Waals surface area contributed by atoms with Gasteiger partial charge in [0.25, 0.3) is 11.6 Å². The molecule has 0 bridgehead atoms. The molecule has 0 saturated heterocycles. The summed E-state index contributed by atoms with van der Waals surface area (Å²) in [6, 6.07) is 25.2. The molecule has 7 nitrogen and oxygen atoms in total. The fraction of sp³-hybridized carbons (Fsp3) is 0.115. The van der Waals surface area contributed by atoms with Gasteiger partial charge in [0.2, 0.25) is 0 Å². The van der Waals surface area contributed by atoms with Gasteiger partial charge in [-0.25, -0.2) is 0 Å². The molecule has 7 heteroatoms. The first-order valence-electron chi connectivity index (χ1n) is 10.5. The molecule has 0 aliphatic rings. The maximum absolute atomic E-state index is 13.5. The average Bonchev–Trinajstić information content (AvgIpc) is 3.35. The van der Waals surface area contributed by atoms with Crippen LogP contribution in [0, 0.1) is 17.0 Å². The number of nitro groups is 1. The van der Waals surface area contributed by atoms with E-state index < -0.39 is 4.92 Å². The molecule has 1 amide bonds. The molecule has 0 fully saturated rings. The second-order valence-electron chi connectivity index (χ2n) is 7.63. The molecule has 1 N–H and O–H groups in total. The summed E-state index contributed by atoms with van der Waals surface area (Å²) in [5.41, 5.74) is 3.16. The van der Waals surface area contributed by atoms with Crippen LogP contribution in [0.15, 0.2) is 95.6 Å². The minimum Gasteiger partial charge on any atom is -0.467 e. The fourth-order valence-electron chi connectivity index (χ4n) is 3.48. The highest BCUT2D eigenvalue weighted by molar-refractivity contribution is 6.06. The zero-order valence-corrected chi connectivity index (χ0v) is 18.1. The number of furan rings is 1. The molecule has 1 heterocycles. The van der Waals surface area contributed by atoms with Gasteiger partial charge in [-0.05, 0) is 48.9 Å². The minimum absolute atomic E-state index is 0.154. The van der Waals surface area contributed by atoms with Crippen molar-refractivity contribution < 1.29 is 14.1 Å². The summed E-state index contributed by atoms with van der Waals surface area (Å²) in [5, 5.41) is 14.9. The second-order valence-corrected chi connectivity index (χ2v) is 7.63. The Morgan fingerprint density at radius 3 is 2.42 bits per heavy atom. The molecule has 166 valence electrons. The predicted molar refractivity (Wildman–Crippen MR) is 127 cm³/mol. The number of hydrogen-bond donors (Lipinski definition) is 1. The molecule has 0 unspecified atom stereocenters. The molecule has 0 saturated carbocycles. The summed E-state index contributed by atoms with van der Waals surface area (Å²) < 4.78 is 5.44. The number of carbonyl (C=O) groups is 1. The average molecular weight is 441 g/mol. The van der Waals surface area contributed by atoms with Crippen molar-refractivity contribution in [3.05, 3.63) is 124 Å². The quantitative estimate of drug-likeness (QED) is 0.269. The minimum atomic E-state index is -0.479. The predicted octanol–water partition coefficient (Wildman–Crippen LogP) is 5.96. The van der Waals surface area contributed by atoms with Crippen LogP contribution in [0.2, 0.25) is 0 Å². The third kappa shape index (κ3) is 5.27. The molecule has 0 aliphatic heterocycles. The lowest BCUT2D eigenvalue weighted by molar-refractivity contribution is -0.384. The van der Waals surface area contributed by atoms with Gasteiger partial charge in [0.1, 0.15) is 11.4 Å². The van der Waals surface area contributed by atoms with Crippen molar-refractivity contribution in [1.82, 2.24) is 0 Å². The smallest absolute Gasteiger partial charge is 0.293 e. The van der Waals surface area contributed by atoms with Crippen LogP contribution in [-0.4, -0.2) is 10.8 Å². The van der Waals surface area contributed by atoms with E-state index in [1.165, 1.54) is 6.07 Å². The zero-order chi connectivity index (χ0) is 23.2. The van der Waals surface area contributed by atoms with E-state index >= 15 is 0 Å². The molecular formula is C26H23N3O4. The Kier molecular flexibility index (Phi) is 6.50. The van der Waals surface area contributed by atoms with Crippen LogP contribution < -0.4 is 10.2 Å². The summed E-state index contributed by atoms with van der Waals surface area (Å²) in [5.74, 6) is 0.257. The van der Waals surface area contributed by atoms with Crippen LogP contribution in [-0.2, 0) is 13.1 Å². The summed E-state index contributed by atoms with van der Waals surface area (Å²) in [7, 11) is 0. The van der Waals surface area contributed by atoms with Crippen molar-refractivity contribution in [2.24, 2.45) is 0 Å². The van der Waals surface area contributed by atoms with Gasteiger partial charge < -0.3 is 14.6 Å². The normalized spacial score (nSPS) is 10.6. The van der Waals surface area contributed by atoms with Gasteiger partial charge in [-0.3, -0.25) is 14.9 Å². The van der Waals surface area contributed by atoms with Crippen molar-refractivity contribution in [3.8, 4) is 0 Å². The first-order chi connectivity index (χ1) is 16.0. The highest BCUT2D eigenvalue weighted by Crippen LogP contribution is 2.28. The number of carbonyl (C=O) groups excluding carboxylic acids is 1. The van der Waals surface area contributed by atoms with E-state index in [0.717, 1.165) is 11.1 Å². The first kappa shape index (κ1) is 21.8. The second kappa shape index (κ2) is 9.82. The molecule has 0 spiro atoms. The van der Waals surface area contributed by atoms with Crippen LogP contribution in [0.25, 0.3) is 0 Å². The molecule has 0 radical (unpaired) electrons. The van der Waals surface area contributed by atoms with Crippen molar-refractivity contribution in [1.29, 1.82) is 0 Å². The van der Waals surface area contributed by atoms with Crippen LogP contribution >= 0.6 is 0 Å². The van der Waals surface area contributed by atoms with Crippen LogP contribution in [0.5, 0.6) is 0 Å². The summed E-state index contributed by atoms with van der Waals surface area (Å²) in [4.78, 5) is 26.3. The lowest BCUT2D eigenvalue weighted by Gasteiger charge is -2.22. The van der Waals surface area contributed by atoms with Gasteiger partial charge in [-0.1, -0.05) is 48.0 Å². The highest BCUT2D eigenvalue weighted by atomic mass is 16.6. The fourth-order valence-corrected chi connectivity index (χ4v) is 3.48. The summed E-state index contributed by atoms with van der Waals surface area (Å²) >= 11 is 0. The van der Waals surface area contributed by atoms with Crippen molar-refractivity contribution in [2.45, 2.75) is 20.0 Å². The van der Waals surface area contributed by atoms with Crippen LogP contribution in [0.3, 0.4) is 0 Å². The summed E-state index contributed by atoms with van der Waals surface area (Å²) in [6.07, 6.45) is 1.55. The zero-order valence-electron chi connectivity index (χ0n) is 18.1. The number of aryl methyl sites for hydroxylation is 1. The van der Waals surface area contributed by atoms with Crippen molar-refractivity contribution in [3.63, 3.8) is 0 Å². The van der Waals surface area contributed by atoms with E-state index in [1.807, 2.05) is 61.5 Å². The van der Waals surface area contributed by atoms with Gasteiger partial charge in [0.05, 0.1) is 17.7 Å². The monoisotopic (exact) mass is 441 g/mol. The van der Waals surface area contributed by atoms with E-state index in [9.17, 15) is 14.9 Å². The van der Waals surface area contributed by atoms with Gasteiger partial charge in [-0.15, -0.1) is 0 Å². The third-order valence-electron chi connectivity index (χ3n) is 5.25. The van der Waals surface area contributed by atoms with E-state index in [-0.39, 0.29) is 23.7 Å². The van der Waals surface area contributed by atoms with Crippen molar-refractivity contribution >= 4 is 23.0 Å². The number of hydrogen-bond acceptors (Lipinski definition) is 5. The lowest BCUT2D eigenvalue weighted by atomic mass is 10.1. The topological polar surface area (TPSA) is 88.6 Å². The highest BCUT2D eigenvalue weighted by Gasteiger charge is 2.23. The number of rotatable bonds is 8. The van der Waals surface area contributed by atoms with E-state index in [1.54, 1.807) is 35.4 Å². The Hall–Kier alpha value is -4.39. The Bertz CT molecular complexity index is 1240. The van der Waals surface area contributed by atoms with Gasteiger partial charge in [-0.2, -0.15) is 0 Å². The molecule has 3 aromatic carbocycles. The number of nitro benzene ring substituents is 1. The SMILES string of the molecule is Cc1ccc(N(Cc2ccco2)C(=O)c2ccc(NCc3ccccc3)c([N+](=O)[O-])c2)cc1. The number of benzene rings is 3. The number of amides is 1. The lowest BCUT2D eigenvalue weighted by Crippen LogP contribution is -2.30. The maximum atomic E-state index is 13.5. The Balaban J connectivity index is 1.63. The first-order valence-corrected chi connectivity index (χ1v) is 10.5. The van der Waals surface area contributed by atoms with Crippen LogP contribution in [0.4, 0.5) is 17.1 Å². The van der Waals surface area contributed by atoms with E-state index in [4.69, 9.17) is 4.42 Å². The van der Waals surface area contributed by atoms with Gasteiger partial charge in [0, 0.05) is 23.9 Å². The molecule has 33 heavy (non-hydrogen) atoms. The molecule has 0 aliphatic carbocycles. The maximum Gasteiger partial charge on any atom is 0.293 e. The molecule has 0 atom stereocenters. The van der Waals surface area contributed by atoms with E-state index in [2.05, 4.69) is 5.32 Å². The number of nitrogens with zero attached hydrogens (tertiary/aromatic N) is 2. The Morgan fingerprint density at radius 1 is 1.00 bits per heavy atom. The third-order valence-corrected chi connectivity index (χ3v) is 5.25. The molecule has 1 aromatic heterocycles. The van der Waals surface area contributed by atoms with E-state index in [0.29, 0.717) is 23.7 Å². The van der Waals surface area contributed by atoms with Gasteiger partial charge >= 0.3 is 0 Å². The van der Waals surface area contributed by atoms with Crippen molar-refractivity contribution in [2.75, 3.05) is 10.2 Å². The molecule has 4 aromatic rings. The molecular weight excluding hydrogens is 418 g/mol. The summed E-state index contributed by atoms with van der Waals surface area (Å²) in [6.45, 7) is 2.60. The standard InChI is InChI=1S/C26H23N3O4/c1-19-9-12-22(13-10-19)28(18-23-8-5-15-33-23)26(30)21-11-14-24(25(16-21)29(31)32)27-17-20-6-3-2-4-7-20/h2-16,27H,17-18H2,1H3. The molecule has 4 rings (SSSR count). The Labute approximate surface area is 191 Å². The largest absolute Gasteiger partial charge is 0.467 e. The number of nitrogens with one attached hydrogen (secondary N) is 1. The Morgan fingerprint density at radius 2 is 1.76 bits per heavy atom. The van der Waals surface area contributed by atoms with Gasteiger partial charge in [0.15, 0.2) is 0 Å². The number of anilines is 2. The van der Waals surface area contributed by atoms with Crippen LogP contribution in [0.1, 0.15) is 27.2 Å².